The van der Waals surface area contributed by atoms with Gasteiger partial charge in [0.15, 0.2) is 5.82 Å². The Bertz CT molecular complexity index is 1030. The largest absolute Gasteiger partial charge is 0.497 e. The Hall–Kier alpha value is -2.83. The van der Waals surface area contributed by atoms with Crippen LogP contribution in [-0.2, 0) is 0 Å². The lowest BCUT2D eigenvalue weighted by molar-refractivity contribution is 0.414. The van der Waals surface area contributed by atoms with E-state index < -0.39 is 0 Å². The normalized spacial score (nSPS) is 10.7. The number of hydrogen-bond acceptors (Lipinski definition) is 5. The van der Waals surface area contributed by atoms with E-state index in [4.69, 9.17) is 16.3 Å². The summed E-state index contributed by atoms with van der Waals surface area (Å²) in [6.07, 6.45) is 1.76. The van der Waals surface area contributed by atoms with Crippen molar-refractivity contribution in [1.29, 1.82) is 0 Å². The maximum atomic E-state index is 6.03. The Morgan fingerprint density at radius 1 is 0.926 bits per heavy atom. The molecule has 0 N–H and O–H groups in total. The smallest absolute Gasteiger partial charge is 0.202 e. The van der Waals surface area contributed by atoms with Crippen LogP contribution >= 0.6 is 23.4 Å². The summed E-state index contributed by atoms with van der Waals surface area (Å²) >= 11 is 7.49. The lowest BCUT2D eigenvalue weighted by Crippen LogP contribution is -2.00. The Morgan fingerprint density at radius 3 is 2.37 bits per heavy atom. The molecule has 0 spiro atoms. The monoisotopic (exact) mass is 394 g/mol. The molecule has 0 aliphatic rings. The minimum absolute atomic E-state index is 0.678. The molecule has 0 aliphatic carbocycles. The quantitative estimate of drug-likeness (QED) is 0.469. The zero-order chi connectivity index (χ0) is 18.6. The van der Waals surface area contributed by atoms with Crippen molar-refractivity contribution < 1.29 is 4.74 Å². The van der Waals surface area contributed by atoms with Gasteiger partial charge in [0.25, 0.3) is 0 Å². The Labute approximate surface area is 166 Å². The number of hydrogen-bond donors (Lipinski definition) is 0. The lowest BCUT2D eigenvalue weighted by Gasteiger charge is -2.11. The molecular formula is C20H15ClN4OS. The molecule has 0 fully saturated rings. The van der Waals surface area contributed by atoms with Gasteiger partial charge in [-0.2, -0.15) is 0 Å². The second kappa shape index (κ2) is 7.82. The van der Waals surface area contributed by atoms with Crippen LogP contribution in [0.1, 0.15) is 0 Å². The SMILES string of the molecule is COc1ccc(-n2c(Sc3ccccn3)nnc2-c2ccc(Cl)cc2)cc1. The van der Waals surface area contributed by atoms with Gasteiger partial charge in [-0.3, -0.25) is 4.57 Å². The van der Waals surface area contributed by atoms with Crippen LogP contribution in [0.3, 0.4) is 0 Å². The molecule has 7 heteroatoms. The minimum atomic E-state index is 0.678. The predicted octanol–water partition coefficient (Wildman–Crippen LogP) is 5.14. The van der Waals surface area contributed by atoms with E-state index in [-0.39, 0.29) is 0 Å². The number of nitrogens with zero attached hydrogens (tertiary/aromatic N) is 4. The fraction of sp³-hybridized carbons (Fsp3) is 0.0500. The zero-order valence-corrected chi connectivity index (χ0v) is 16.0. The van der Waals surface area contributed by atoms with Crippen LogP contribution in [0.25, 0.3) is 17.1 Å². The number of ether oxygens (including phenoxy) is 1. The molecule has 27 heavy (non-hydrogen) atoms. The molecule has 0 radical (unpaired) electrons. The summed E-state index contributed by atoms with van der Waals surface area (Å²) in [5.74, 6) is 1.52. The molecule has 4 rings (SSSR count). The lowest BCUT2D eigenvalue weighted by atomic mass is 10.2. The van der Waals surface area contributed by atoms with E-state index in [1.807, 2.05) is 71.3 Å². The molecule has 2 aromatic carbocycles. The number of methoxy groups -OCH3 is 1. The van der Waals surface area contributed by atoms with Crippen molar-refractivity contribution in [2.75, 3.05) is 7.11 Å². The van der Waals surface area contributed by atoms with Crippen molar-refractivity contribution in [2.45, 2.75) is 10.2 Å². The van der Waals surface area contributed by atoms with Crippen LogP contribution in [0, 0.1) is 0 Å². The highest BCUT2D eigenvalue weighted by Crippen LogP contribution is 2.32. The van der Waals surface area contributed by atoms with E-state index in [1.165, 1.54) is 11.8 Å². The van der Waals surface area contributed by atoms with Gasteiger partial charge in [0.2, 0.25) is 5.16 Å². The summed E-state index contributed by atoms with van der Waals surface area (Å²) in [4.78, 5) is 4.37. The summed E-state index contributed by atoms with van der Waals surface area (Å²) in [5.41, 5.74) is 1.86. The maximum absolute atomic E-state index is 6.03. The molecule has 0 atom stereocenters. The minimum Gasteiger partial charge on any atom is -0.497 e. The molecule has 0 aliphatic heterocycles. The average Bonchev–Trinajstić information content (AvgIpc) is 3.13. The first-order valence-electron chi connectivity index (χ1n) is 8.19. The first-order chi connectivity index (χ1) is 13.2. The second-order valence-electron chi connectivity index (χ2n) is 5.62. The molecule has 0 saturated heterocycles. The zero-order valence-electron chi connectivity index (χ0n) is 14.4. The number of benzene rings is 2. The second-order valence-corrected chi connectivity index (χ2v) is 7.04. The van der Waals surface area contributed by atoms with E-state index in [2.05, 4.69) is 15.2 Å². The van der Waals surface area contributed by atoms with Gasteiger partial charge in [0, 0.05) is 16.8 Å². The highest BCUT2D eigenvalue weighted by Gasteiger charge is 2.17. The molecule has 0 saturated carbocycles. The number of aromatic nitrogens is 4. The van der Waals surface area contributed by atoms with E-state index in [9.17, 15) is 0 Å². The summed E-state index contributed by atoms with van der Waals surface area (Å²) in [5, 5.41) is 11.1. The number of halogens is 1. The van der Waals surface area contributed by atoms with Gasteiger partial charge in [-0.05, 0) is 72.4 Å². The Kier molecular flexibility index (Phi) is 5.09. The topological polar surface area (TPSA) is 52.8 Å². The van der Waals surface area contributed by atoms with Crippen molar-refractivity contribution >= 4 is 23.4 Å². The van der Waals surface area contributed by atoms with Crippen molar-refractivity contribution in [3.8, 4) is 22.8 Å². The third-order valence-electron chi connectivity index (χ3n) is 3.90. The van der Waals surface area contributed by atoms with Crippen molar-refractivity contribution in [3.05, 3.63) is 77.9 Å². The summed E-state index contributed by atoms with van der Waals surface area (Å²) in [6.45, 7) is 0. The van der Waals surface area contributed by atoms with Crippen LogP contribution in [0.5, 0.6) is 5.75 Å². The fourth-order valence-corrected chi connectivity index (χ4v) is 3.53. The van der Waals surface area contributed by atoms with Crippen molar-refractivity contribution in [1.82, 2.24) is 19.7 Å². The Balaban J connectivity index is 1.82. The van der Waals surface area contributed by atoms with Gasteiger partial charge < -0.3 is 4.74 Å². The third kappa shape index (κ3) is 3.82. The van der Waals surface area contributed by atoms with Gasteiger partial charge in [-0.1, -0.05) is 17.7 Å². The molecule has 2 heterocycles. The van der Waals surface area contributed by atoms with Gasteiger partial charge in [-0.25, -0.2) is 4.98 Å². The van der Waals surface area contributed by atoms with Crippen LogP contribution in [-0.4, -0.2) is 26.9 Å². The van der Waals surface area contributed by atoms with Crippen molar-refractivity contribution in [3.63, 3.8) is 0 Å². The maximum Gasteiger partial charge on any atom is 0.202 e. The fourth-order valence-electron chi connectivity index (χ4n) is 2.59. The van der Waals surface area contributed by atoms with Crippen molar-refractivity contribution in [2.24, 2.45) is 0 Å². The molecule has 0 unspecified atom stereocenters. The van der Waals surface area contributed by atoms with E-state index >= 15 is 0 Å². The molecular weight excluding hydrogens is 380 g/mol. The molecule has 4 aromatic rings. The van der Waals surface area contributed by atoms with Gasteiger partial charge in [0.1, 0.15) is 10.8 Å². The third-order valence-corrected chi connectivity index (χ3v) is 5.05. The van der Waals surface area contributed by atoms with Crippen LogP contribution in [0.2, 0.25) is 5.02 Å². The highest BCUT2D eigenvalue weighted by atomic mass is 35.5. The number of rotatable bonds is 5. The average molecular weight is 395 g/mol. The Morgan fingerprint density at radius 2 is 1.70 bits per heavy atom. The van der Waals surface area contributed by atoms with Gasteiger partial charge in [0.05, 0.1) is 12.8 Å². The molecule has 2 aromatic heterocycles. The highest BCUT2D eigenvalue weighted by molar-refractivity contribution is 7.99. The summed E-state index contributed by atoms with van der Waals surface area (Å²) in [6, 6.07) is 21.1. The number of pyridine rings is 1. The van der Waals surface area contributed by atoms with E-state index in [0.29, 0.717) is 5.02 Å². The molecule has 134 valence electrons. The van der Waals surface area contributed by atoms with Crippen LogP contribution < -0.4 is 4.74 Å². The molecule has 5 nitrogen and oxygen atoms in total. The first-order valence-corrected chi connectivity index (χ1v) is 9.39. The summed E-state index contributed by atoms with van der Waals surface area (Å²) in [7, 11) is 1.65. The standard InChI is InChI=1S/C20H15ClN4OS/c1-26-17-11-9-16(10-12-17)25-19(14-5-7-15(21)8-6-14)23-24-20(25)27-18-4-2-3-13-22-18/h2-13H,1H3. The van der Waals surface area contributed by atoms with Crippen LogP contribution in [0.4, 0.5) is 0 Å². The van der Waals surface area contributed by atoms with E-state index in [1.54, 1.807) is 13.3 Å². The van der Waals surface area contributed by atoms with Gasteiger partial charge >= 0.3 is 0 Å². The summed E-state index contributed by atoms with van der Waals surface area (Å²) < 4.78 is 7.27. The first kappa shape index (κ1) is 17.6. The van der Waals surface area contributed by atoms with Gasteiger partial charge in [-0.15, -0.1) is 10.2 Å². The van der Waals surface area contributed by atoms with E-state index in [0.717, 1.165) is 33.0 Å². The van der Waals surface area contributed by atoms with Crippen LogP contribution in [0.15, 0.2) is 83.1 Å². The molecule has 0 amide bonds. The predicted molar refractivity (Wildman–Crippen MR) is 107 cm³/mol. The molecule has 0 bridgehead atoms.